The van der Waals surface area contributed by atoms with Crippen LogP contribution in [0.5, 0.6) is 0 Å². The van der Waals surface area contributed by atoms with Crippen LogP contribution >= 0.6 is 0 Å². The van der Waals surface area contributed by atoms with Crippen LogP contribution in [0.15, 0.2) is 36.4 Å². The number of morpholine rings is 1. The van der Waals surface area contributed by atoms with Gasteiger partial charge in [0.1, 0.15) is 0 Å². The molecule has 4 rings (SSSR count). The van der Waals surface area contributed by atoms with Gasteiger partial charge in [-0.25, -0.2) is 4.98 Å². The van der Waals surface area contributed by atoms with Crippen LogP contribution in [0.4, 0.5) is 0 Å². The number of aromatic nitrogens is 3. The van der Waals surface area contributed by atoms with Gasteiger partial charge in [0, 0.05) is 38.8 Å². The minimum Gasteiger partial charge on any atom is -0.379 e. The Morgan fingerprint density at radius 2 is 1.96 bits per heavy atom. The van der Waals surface area contributed by atoms with Gasteiger partial charge in [-0.3, -0.25) is 14.4 Å². The van der Waals surface area contributed by atoms with Gasteiger partial charge in [-0.05, 0) is 13.0 Å². The molecule has 3 heterocycles. The smallest absolute Gasteiger partial charge is 0.252 e. The summed E-state index contributed by atoms with van der Waals surface area (Å²) in [6, 6.07) is 11.8. The summed E-state index contributed by atoms with van der Waals surface area (Å²) < 4.78 is 7.11. The van der Waals surface area contributed by atoms with Crippen LogP contribution in [0.1, 0.15) is 16.1 Å². The number of hydrogen-bond acceptors (Lipinski definition) is 5. The Morgan fingerprint density at radius 1 is 1.21 bits per heavy atom. The predicted octanol–water partition coefficient (Wildman–Crippen LogP) is 2.01. The first-order valence-corrected chi connectivity index (χ1v) is 9.61. The maximum atomic E-state index is 13.0. The van der Waals surface area contributed by atoms with E-state index in [1.807, 2.05) is 50.4 Å². The van der Waals surface area contributed by atoms with Gasteiger partial charge in [0.2, 0.25) is 0 Å². The predicted molar refractivity (Wildman–Crippen MR) is 108 cm³/mol. The summed E-state index contributed by atoms with van der Waals surface area (Å²) in [6.07, 6.45) is 0. The van der Waals surface area contributed by atoms with Gasteiger partial charge in [0.05, 0.1) is 35.6 Å². The van der Waals surface area contributed by atoms with Crippen molar-refractivity contribution in [2.75, 3.05) is 39.4 Å². The molecule has 1 aromatic carbocycles. The lowest BCUT2D eigenvalue weighted by Gasteiger charge is -2.26. The Morgan fingerprint density at radius 3 is 2.71 bits per heavy atom. The van der Waals surface area contributed by atoms with Crippen LogP contribution in [0.25, 0.3) is 22.3 Å². The second kappa shape index (κ2) is 8.08. The van der Waals surface area contributed by atoms with Gasteiger partial charge in [0.15, 0.2) is 5.65 Å². The molecular weight excluding hydrogens is 354 g/mol. The first-order valence-electron chi connectivity index (χ1n) is 9.61. The van der Waals surface area contributed by atoms with Crippen molar-refractivity contribution >= 4 is 16.9 Å². The van der Waals surface area contributed by atoms with Crippen LogP contribution in [0, 0.1) is 6.92 Å². The third-order valence-electron chi connectivity index (χ3n) is 5.10. The summed E-state index contributed by atoms with van der Waals surface area (Å²) >= 11 is 0. The molecule has 1 fully saturated rings. The highest BCUT2D eigenvalue weighted by molar-refractivity contribution is 6.07. The van der Waals surface area contributed by atoms with Crippen molar-refractivity contribution in [3.8, 4) is 11.3 Å². The quantitative estimate of drug-likeness (QED) is 0.734. The highest BCUT2D eigenvalue weighted by Gasteiger charge is 2.19. The minimum absolute atomic E-state index is 0.0889. The molecule has 0 unspecified atom stereocenters. The van der Waals surface area contributed by atoms with Gasteiger partial charge < -0.3 is 10.1 Å². The number of amides is 1. The SMILES string of the molecule is Cc1nn(C)c2nc(-c3ccccc3)cc(C(=O)NCCN3CCOCC3)c12. The fourth-order valence-electron chi connectivity index (χ4n) is 3.63. The third-order valence-corrected chi connectivity index (χ3v) is 5.10. The fourth-order valence-corrected chi connectivity index (χ4v) is 3.63. The van der Waals surface area contributed by atoms with E-state index in [0.717, 1.165) is 60.8 Å². The normalized spacial score (nSPS) is 15.1. The lowest BCUT2D eigenvalue weighted by atomic mass is 10.0. The highest BCUT2D eigenvalue weighted by atomic mass is 16.5. The Kier molecular flexibility index (Phi) is 5.36. The average Bonchev–Trinajstić information content (AvgIpc) is 3.02. The van der Waals surface area contributed by atoms with E-state index in [1.165, 1.54) is 0 Å². The van der Waals surface area contributed by atoms with Crippen molar-refractivity contribution in [2.45, 2.75) is 6.92 Å². The highest BCUT2D eigenvalue weighted by Crippen LogP contribution is 2.26. The topological polar surface area (TPSA) is 72.3 Å². The average molecular weight is 379 g/mol. The molecule has 3 aromatic rings. The second-order valence-electron chi connectivity index (χ2n) is 7.04. The van der Waals surface area contributed by atoms with E-state index in [1.54, 1.807) is 4.68 Å². The first-order chi connectivity index (χ1) is 13.6. The number of ether oxygens (including phenoxy) is 1. The standard InChI is InChI=1S/C21H25N5O2/c1-15-19-17(21(27)22-8-9-26-10-12-28-13-11-26)14-18(16-6-4-3-5-7-16)23-20(19)25(2)24-15/h3-7,14H,8-13H2,1-2H3,(H,22,27). The summed E-state index contributed by atoms with van der Waals surface area (Å²) in [5, 5.41) is 8.35. The van der Waals surface area contributed by atoms with Crippen LogP contribution in [-0.4, -0.2) is 65.0 Å². The van der Waals surface area contributed by atoms with E-state index in [2.05, 4.69) is 15.3 Å². The molecule has 0 bridgehead atoms. The van der Waals surface area contributed by atoms with Gasteiger partial charge >= 0.3 is 0 Å². The number of rotatable bonds is 5. The Hall–Kier alpha value is -2.77. The van der Waals surface area contributed by atoms with Gasteiger partial charge in [-0.1, -0.05) is 30.3 Å². The second-order valence-corrected chi connectivity index (χ2v) is 7.04. The lowest BCUT2D eigenvalue weighted by molar-refractivity contribution is 0.0383. The van der Waals surface area contributed by atoms with Crippen molar-refractivity contribution in [3.05, 3.63) is 47.7 Å². The maximum Gasteiger partial charge on any atom is 0.252 e. The Labute approximate surface area is 164 Å². The minimum atomic E-state index is -0.0889. The van der Waals surface area contributed by atoms with Crippen LogP contribution in [-0.2, 0) is 11.8 Å². The van der Waals surface area contributed by atoms with E-state index in [4.69, 9.17) is 9.72 Å². The van der Waals surface area contributed by atoms with E-state index in [9.17, 15) is 4.79 Å². The van der Waals surface area contributed by atoms with Gasteiger partial charge in [-0.2, -0.15) is 5.10 Å². The molecule has 1 N–H and O–H groups in total. The fraction of sp³-hybridized carbons (Fsp3) is 0.381. The number of pyridine rings is 1. The number of aryl methyl sites for hydroxylation is 2. The molecule has 28 heavy (non-hydrogen) atoms. The lowest BCUT2D eigenvalue weighted by Crippen LogP contribution is -2.41. The molecule has 0 atom stereocenters. The zero-order chi connectivity index (χ0) is 19.5. The van der Waals surface area contributed by atoms with Crippen molar-refractivity contribution in [3.63, 3.8) is 0 Å². The number of fused-ring (bicyclic) bond motifs is 1. The van der Waals surface area contributed by atoms with Crippen molar-refractivity contribution in [2.24, 2.45) is 7.05 Å². The zero-order valence-corrected chi connectivity index (χ0v) is 16.3. The molecular formula is C21H25N5O2. The molecule has 1 amide bonds. The zero-order valence-electron chi connectivity index (χ0n) is 16.3. The molecule has 0 spiro atoms. The summed E-state index contributed by atoms with van der Waals surface area (Å²) in [4.78, 5) is 20.1. The van der Waals surface area contributed by atoms with Crippen molar-refractivity contribution < 1.29 is 9.53 Å². The summed E-state index contributed by atoms with van der Waals surface area (Å²) in [7, 11) is 1.86. The number of carbonyl (C=O) groups is 1. The van der Waals surface area contributed by atoms with Gasteiger partial charge in [0.25, 0.3) is 5.91 Å². The Bertz CT molecular complexity index is 977. The Balaban J connectivity index is 1.61. The molecule has 0 aliphatic carbocycles. The summed E-state index contributed by atoms with van der Waals surface area (Å²) in [5.41, 5.74) is 3.90. The number of benzene rings is 1. The number of hydrogen-bond donors (Lipinski definition) is 1. The molecule has 146 valence electrons. The third kappa shape index (κ3) is 3.76. The van der Waals surface area contributed by atoms with Crippen molar-refractivity contribution in [1.29, 1.82) is 0 Å². The number of carbonyl (C=O) groups excluding carboxylic acids is 1. The molecule has 7 nitrogen and oxygen atoms in total. The molecule has 0 saturated carbocycles. The molecule has 1 aliphatic rings. The molecule has 0 radical (unpaired) electrons. The summed E-state index contributed by atoms with van der Waals surface area (Å²) in [6.45, 7) is 6.67. The van der Waals surface area contributed by atoms with Crippen LogP contribution in [0.2, 0.25) is 0 Å². The van der Waals surface area contributed by atoms with E-state index < -0.39 is 0 Å². The van der Waals surface area contributed by atoms with E-state index >= 15 is 0 Å². The van der Waals surface area contributed by atoms with Crippen LogP contribution in [0.3, 0.4) is 0 Å². The largest absolute Gasteiger partial charge is 0.379 e. The monoisotopic (exact) mass is 379 g/mol. The van der Waals surface area contributed by atoms with E-state index in [-0.39, 0.29) is 5.91 Å². The maximum absolute atomic E-state index is 13.0. The molecule has 7 heteroatoms. The number of nitrogens with zero attached hydrogens (tertiary/aromatic N) is 4. The molecule has 1 saturated heterocycles. The van der Waals surface area contributed by atoms with Crippen LogP contribution < -0.4 is 5.32 Å². The molecule has 2 aromatic heterocycles. The number of nitrogens with one attached hydrogen (secondary N) is 1. The van der Waals surface area contributed by atoms with Crippen molar-refractivity contribution in [1.82, 2.24) is 25.0 Å². The first kappa shape index (κ1) is 18.6. The van der Waals surface area contributed by atoms with E-state index in [0.29, 0.717) is 12.1 Å². The summed E-state index contributed by atoms with van der Waals surface area (Å²) in [5.74, 6) is -0.0889. The van der Waals surface area contributed by atoms with Gasteiger partial charge in [-0.15, -0.1) is 0 Å². The molecule has 1 aliphatic heterocycles.